The molecule has 3 rings (SSSR count). The van der Waals surface area contributed by atoms with Crippen LogP contribution < -0.4 is 5.32 Å². The van der Waals surface area contributed by atoms with Crippen molar-refractivity contribution in [2.75, 3.05) is 46.4 Å². The zero-order chi connectivity index (χ0) is 17.5. The largest absolute Gasteiger partial charge is 0.383 e. The third-order valence-corrected chi connectivity index (χ3v) is 6.01. The van der Waals surface area contributed by atoms with Gasteiger partial charge in [-0.05, 0) is 32.2 Å². The first-order valence-electron chi connectivity index (χ1n) is 9.36. The number of nitrogens with one attached hydrogen (secondary N) is 1. The number of amides is 1. The molecule has 1 aromatic heterocycles. The van der Waals surface area contributed by atoms with E-state index in [0.717, 1.165) is 45.6 Å². The first-order chi connectivity index (χ1) is 12.3. The average Bonchev–Trinajstić information content (AvgIpc) is 3.16. The molecular formula is C18H30N4O2S. The molecular weight excluding hydrogens is 336 g/mol. The maximum absolute atomic E-state index is 12.3. The van der Waals surface area contributed by atoms with E-state index in [1.54, 1.807) is 18.4 Å². The van der Waals surface area contributed by atoms with Crippen LogP contribution in [-0.4, -0.2) is 73.2 Å². The molecule has 6 nitrogen and oxygen atoms in total. The summed E-state index contributed by atoms with van der Waals surface area (Å²) in [4.78, 5) is 21.8. The molecule has 2 saturated heterocycles. The van der Waals surface area contributed by atoms with Crippen LogP contribution >= 0.6 is 11.3 Å². The second-order valence-electron chi connectivity index (χ2n) is 7.11. The Balaban J connectivity index is 1.42. The Hall–Kier alpha value is -1.02. The van der Waals surface area contributed by atoms with E-state index in [4.69, 9.17) is 4.74 Å². The highest BCUT2D eigenvalue weighted by molar-refractivity contribution is 7.07. The van der Waals surface area contributed by atoms with Crippen LogP contribution in [0.1, 0.15) is 31.4 Å². The number of piperidine rings is 2. The van der Waals surface area contributed by atoms with Gasteiger partial charge in [-0.1, -0.05) is 0 Å². The van der Waals surface area contributed by atoms with Crippen LogP contribution in [0.5, 0.6) is 0 Å². The predicted molar refractivity (Wildman–Crippen MR) is 99.6 cm³/mol. The van der Waals surface area contributed by atoms with Crippen LogP contribution in [0.2, 0.25) is 0 Å². The third-order valence-electron chi connectivity index (χ3n) is 5.37. The van der Waals surface area contributed by atoms with Crippen molar-refractivity contribution in [3.8, 4) is 0 Å². The molecule has 1 amide bonds. The first kappa shape index (κ1) is 18.8. The van der Waals surface area contributed by atoms with E-state index in [1.807, 2.05) is 5.51 Å². The van der Waals surface area contributed by atoms with Gasteiger partial charge in [0, 0.05) is 51.3 Å². The van der Waals surface area contributed by atoms with Crippen molar-refractivity contribution in [1.82, 2.24) is 20.1 Å². The summed E-state index contributed by atoms with van der Waals surface area (Å²) in [6.45, 7) is 6.47. The van der Waals surface area contributed by atoms with Crippen LogP contribution in [0.3, 0.4) is 0 Å². The van der Waals surface area contributed by atoms with E-state index < -0.39 is 0 Å². The molecule has 0 aromatic carbocycles. The summed E-state index contributed by atoms with van der Waals surface area (Å²) in [6, 6.07) is 0.626. The molecule has 1 N–H and O–H groups in total. The molecule has 0 radical (unpaired) electrons. The lowest BCUT2D eigenvalue weighted by atomic mass is 9.93. The highest BCUT2D eigenvalue weighted by atomic mass is 32.1. The normalized spacial score (nSPS) is 23.6. The molecule has 2 aliphatic heterocycles. The van der Waals surface area contributed by atoms with Crippen LogP contribution in [0, 0.1) is 5.92 Å². The lowest BCUT2D eigenvalue weighted by Gasteiger charge is -2.42. The molecule has 1 aromatic rings. The zero-order valence-electron chi connectivity index (χ0n) is 15.2. The summed E-state index contributed by atoms with van der Waals surface area (Å²) in [6.07, 6.45) is 4.53. The Morgan fingerprint density at radius 2 is 2.20 bits per heavy atom. The van der Waals surface area contributed by atoms with E-state index >= 15 is 0 Å². The highest BCUT2D eigenvalue weighted by Crippen LogP contribution is 2.24. The Bertz CT molecular complexity index is 517. The first-order valence-corrected chi connectivity index (χ1v) is 10.3. The minimum Gasteiger partial charge on any atom is -0.383 e. The molecule has 0 spiro atoms. The fourth-order valence-corrected chi connectivity index (χ4v) is 4.51. The van der Waals surface area contributed by atoms with Gasteiger partial charge in [-0.15, -0.1) is 11.3 Å². The number of thiazole rings is 1. The Kier molecular flexibility index (Phi) is 7.22. The van der Waals surface area contributed by atoms with Gasteiger partial charge < -0.3 is 10.1 Å². The van der Waals surface area contributed by atoms with Crippen LogP contribution in [0.15, 0.2) is 10.9 Å². The zero-order valence-corrected chi connectivity index (χ0v) is 16.0. The number of aromatic nitrogens is 1. The quantitative estimate of drug-likeness (QED) is 0.743. The molecule has 2 fully saturated rings. The maximum Gasteiger partial charge on any atom is 0.224 e. The summed E-state index contributed by atoms with van der Waals surface area (Å²) in [5.41, 5.74) is 3.10. The number of methoxy groups -OCH3 is 1. The number of hydrogen-bond donors (Lipinski definition) is 1. The molecule has 7 heteroatoms. The molecule has 0 saturated carbocycles. The van der Waals surface area contributed by atoms with Crippen LogP contribution in [0.4, 0.5) is 0 Å². The van der Waals surface area contributed by atoms with E-state index in [9.17, 15) is 4.79 Å². The average molecular weight is 367 g/mol. The fraction of sp³-hybridized carbons (Fsp3) is 0.778. The lowest BCUT2D eigenvalue weighted by molar-refractivity contribution is -0.127. The molecule has 25 heavy (non-hydrogen) atoms. The summed E-state index contributed by atoms with van der Waals surface area (Å²) < 4.78 is 5.01. The Morgan fingerprint density at radius 1 is 1.36 bits per heavy atom. The van der Waals surface area contributed by atoms with Gasteiger partial charge in [-0.2, -0.15) is 0 Å². The minimum atomic E-state index is 0.138. The number of likely N-dealkylation sites (tertiary alicyclic amines) is 2. The number of carbonyl (C=O) groups is 1. The van der Waals surface area contributed by atoms with E-state index in [1.165, 1.54) is 18.5 Å². The number of carbonyl (C=O) groups excluding carboxylic acids is 1. The molecule has 0 aliphatic carbocycles. The number of rotatable bonds is 7. The number of hydrogen-bond acceptors (Lipinski definition) is 6. The van der Waals surface area contributed by atoms with Gasteiger partial charge in [0.2, 0.25) is 5.91 Å². The van der Waals surface area contributed by atoms with Crippen molar-refractivity contribution < 1.29 is 9.53 Å². The lowest BCUT2D eigenvalue weighted by Crippen LogP contribution is -2.50. The smallest absolute Gasteiger partial charge is 0.224 e. The molecule has 3 heterocycles. The molecule has 140 valence electrons. The summed E-state index contributed by atoms with van der Waals surface area (Å²) >= 11 is 1.67. The highest BCUT2D eigenvalue weighted by Gasteiger charge is 2.31. The molecule has 2 aliphatic rings. The predicted octanol–water partition coefficient (Wildman–Crippen LogP) is 1.58. The summed E-state index contributed by atoms with van der Waals surface area (Å²) in [5.74, 6) is 0.335. The van der Waals surface area contributed by atoms with Gasteiger partial charge in [0.1, 0.15) is 0 Å². The second kappa shape index (κ2) is 9.62. The number of nitrogens with zero attached hydrogens (tertiary/aromatic N) is 3. The van der Waals surface area contributed by atoms with Gasteiger partial charge in [0.05, 0.1) is 23.7 Å². The Labute approximate surface area is 154 Å². The standard InChI is InChI=1S/C18H30N4O2S/c1-24-10-6-19-18(23)15-3-2-7-22(11-15)17-4-8-21(9-5-17)12-16-13-25-14-20-16/h13-15,17H,2-12H2,1H3,(H,19,23). The molecule has 0 bridgehead atoms. The fourth-order valence-electron chi connectivity index (χ4n) is 3.96. The SMILES string of the molecule is COCCNC(=O)C1CCCN(C2CCN(Cc3cscn3)CC2)C1. The topological polar surface area (TPSA) is 57.7 Å². The summed E-state index contributed by atoms with van der Waals surface area (Å²) in [5, 5.41) is 5.15. The van der Waals surface area contributed by atoms with Gasteiger partial charge in [-0.25, -0.2) is 4.98 Å². The summed E-state index contributed by atoms with van der Waals surface area (Å²) in [7, 11) is 1.66. The van der Waals surface area contributed by atoms with Gasteiger partial charge in [-0.3, -0.25) is 14.6 Å². The minimum absolute atomic E-state index is 0.138. The molecule has 1 unspecified atom stereocenters. The van der Waals surface area contributed by atoms with Crippen molar-refractivity contribution in [3.05, 3.63) is 16.6 Å². The second-order valence-corrected chi connectivity index (χ2v) is 7.82. The van der Waals surface area contributed by atoms with E-state index in [-0.39, 0.29) is 11.8 Å². The van der Waals surface area contributed by atoms with E-state index in [2.05, 4.69) is 25.5 Å². The van der Waals surface area contributed by atoms with Gasteiger partial charge in [0.25, 0.3) is 0 Å². The van der Waals surface area contributed by atoms with Crippen molar-refractivity contribution in [2.24, 2.45) is 5.92 Å². The van der Waals surface area contributed by atoms with Crippen LogP contribution in [-0.2, 0) is 16.1 Å². The monoisotopic (exact) mass is 366 g/mol. The van der Waals surface area contributed by atoms with Gasteiger partial charge in [0.15, 0.2) is 0 Å². The Morgan fingerprint density at radius 3 is 2.92 bits per heavy atom. The third kappa shape index (κ3) is 5.48. The van der Waals surface area contributed by atoms with E-state index in [0.29, 0.717) is 19.2 Å². The number of ether oxygens (including phenoxy) is 1. The van der Waals surface area contributed by atoms with Crippen molar-refractivity contribution in [3.63, 3.8) is 0 Å². The van der Waals surface area contributed by atoms with Gasteiger partial charge >= 0.3 is 0 Å². The van der Waals surface area contributed by atoms with Crippen molar-refractivity contribution >= 4 is 17.2 Å². The van der Waals surface area contributed by atoms with Crippen molar-refractivity contribution in [1.29, 1.82) is 0 Å². The maximum atomic E-state index is 12.3. The molecule has 1 atom stereocenters. The van der Waals surface area contributed by atoms with Crippen molar-refractivity contribution in [2.45, 2.75) is 38.3 Å². The van der Waals surface area contributed by atoms with Crippen LogP contribution in [0.25, 0.3) is 0 Å².